The molecule has 0 aromatic carbocycles. The van der Waals surface area contributed by atoms with E-state index in [0.717, 1.165) is 12.8 Å². The van der Waals surface area contributed by atoms with Gasteiger partial charge in [-0.1, -0.05) is 52.0 Å². The van der Waals surface area contributed by atoms with Gasteiger partial charge in [0.2, 0.25) is 0 Å². The first-order chi connectivity index (χ1) is 8.57. The zero-order valence-corrected chi connectivity index (χ0v) is 11.1. The molecule has 0 spiro atoms. The molecule has 3 unspecified atom stereocenters. The number of carboxylic acids is 1. The van der Waals surface area contributed by atoms with Crippen molar-refractivity contribution < 1.29 is 19.7 Å². The van der Waals surface area contributed by atoms with E-state index in [1.54, 1.807) is 0 Å². The Balaban J connectivity index is 2.28. The van der Waals surface area contributed by atoms with Crippen LogP contribution >= 0.6 is 0 Å². The van der Waals surface area contributed by atoms with E-state index < -0.39 is 24.3 Å². The highest BCUT2D eigenvalue weighted by molar-refractivity contribution is 5.75. The second-order valence-electron chi connectivity index (χ2n) is 4.97. The molecule has 1 fully saturated rings. The highest BCUT2D eigenvalue weighted by atomic mass is 16.6. The highest BCUT2D eigenvalue weighted by Crippen LogP contribution is 2.32. The van der Waals surface area contributed by atoms with E-state index in [4.69, 9.17) is 9.84 Å². The highest BCUT2D eigenvalue weighted by Gasteiger charge is 2.41. The summed E-state index contributed by atoms with van der Waals surface area (Å²) < 4.78 is 5.25. The van der Waals surface area contributed by atoms with Crippen molar-refractivity contribution in [3.05, 3.63) is 12.2 Å². The molecule has 18 heavy (non-hydrogen) atoms. The zero-order valence-electron chi connectivity index (χ0n) is 11.1. The van der Waals surface area contributed by atoms with Gasteiger partial charge in [0.15, 0.2) is 6.29 Å². The lowest BCUT2D eigenvalue weighted by molar-refractivity contribution is -0.144. The molecule has 1 aliphatic heterocycles. The van der Waals surface area contributed by atoms with Crippen molar-refractivity contribution in [2.24, 2.45) is 5.92 Å². The van der Waals surface area contributed by atoms with Crippen molar-refractivity contribution in [2.75, 3.05) is 0 Å². The Morgan fingerprint density at radius 3 is 2.50 bits per heavy atom. The summed E-state index contributed by atoms with van der Waals surface area (Å²) in [7, 11) is 0. The van der Waals surface area contributed by atoms with Gasteiger partial charge in [-0.05, 0) is 12.0 Å². The van der Waals surface area contributed by atoms with Gasteiger partial charge >= 0.3 is 5.97 Å². The fraction of sp³-hybridized carbons (Fsp3) is 0.786. The van der Waals surface area contributed by atoms with Crippen LogP contribution in [0, 0.1) is 5.92 Å². The number of carboxylic acid groups (broad SMARTS) is 1. The maximum absolute atomic E-state index is 11.1. The van der Waals surface area contributed by atoms with Gasteiger partial charge in [0.05, 0.1) is 6.10 Å². The largest absolute Gasteiger partial charge is 0.481 e. The molecule has 1 heterocycles. The summed E-state index contributed by atoms with van der Waals surface area (Å²) in [5.74, 6) is -1.71. The molecule has 1 aliphatic rings. The van der Waals surface area contributed by atoms with Gasteiger partial charge in [-0.25, -0.2) is 0 Å². The van der Waals surface area contributed by atoms with Crippen LogP contribution in [0.25, 0.3) is 0 Å². The third-order valence-corrected chi connectivity index (χ3v) is 3.50. The van der Waals surface area contributed by atoms with Gasteiger partial charge in [-0.2, -0.15) is 0 Å². The molecule has 0 aromatic heterocycles. The Labute approximate surface area is 109 Å². The zero-order chi connectivity index (χ0) is 13.5. The van der Waals surface area contributed by atoms with E-state index in [2.05, 4.69) is 13.5 Å². The normalized spacial score (nSPS) is 27.7. The molecular formula is C14H24O4. The van der Waals surface area contributed by atoms with E-state index in [1.165, 1.54) is 25.7 Å². The molecule has 0 amide bonds. The molecule has 0 saturated carbocycles. The van der Waals surface area contributed by atoms with Crippen LogP contribution in [0.15, 0.2) is 12.2 Å². The number of aliphatic hydroxyl groups is 1. The summed E-state index contributed by atoms with van der Waals surface area (Å²) >= 11 is 0. The van der Waals surface area contributed by atoms with Crippen molar-refractivity contribution in [1.29, 1.82) is 0 Å². The number of aliphatic carboxylic acids is 1. The number of aliphatic hydroxyl groups excluding tert-OH is 1. The van der Waals surface area contributed by atoms with Crippen LogP contribution in [0.4, 0.5) is 0 Å². The van der Waals surface area contributed by atoms with Gasteiger partial charge in [-0.3, -0.25) is 4.79 Å². The monoisotopic (exact) mass is 256 g/mol. The predicted octanol–water partition coefficient (Wildman–Crippen LogP) is 2.71. The maximum Gasteiger partial charge on any atom is 0.313 e. The minimum atomic E-state index is -1.11. The number of rotatable bonds is 8. The van der Waals surface area contributed by atoms with Gasteiger partial charge in [0.25, 0.3) is 0 Å². The van der Waals surface area contributed by atoms with Crippen LogP contribution in [-0.4, -0.2) is 28.6 Å². The van der Waals surface area contributed by atoms with E-state index in [9.17, 15) is 9.90 Å². The van der Waals surface area contributed by atoms with Gasteiger partial charge in [-0.15, -0.1) is 0 Å². The molecular weight excluding hydrogens is 232 g/mol. The topological polar surface area (TPSA) is 66.8 Å². The van der Waals surface area contributed by atoms with Crippen LogP contribution in [-0.2, 0) is 9.53 Å². The number of carbonyl (C=O) groups is 1. The maximum atomic E-state index is 11.1. The smallest absolute Gasteiger partial charge is 0.313 e. The molecule has 0 aromatic rings. The number of hydrogen-bond donors (Lipinski definition) is 2. The lowest BCUT2D eigenvalue weighted by atomic mass is 9.93. The van der Waals surface area contributed by atoms with E-state index >= 15 is 0 Å². The molecule has 2 N–H and O–H groups in total. The van der Waals surface area contributed by atoms with Crippen LogP contribution in [0.5, 0.6) is 0 Å². The van der Waals surface area contributed by atoms with E-state index in [1.807, 2.05) is 0 Å². The SMILES string of the molecule is C=C1C(O)OC(CCCCCCCC)C1C(=O)O. The van der Waals surface area contributed by atoms with Crippen molar-refractivity contribution in [2.45, 2.75) is 64.3 Å². The molecule has 0 radical (unpaired) electrons. The fourth-order valence-electron chi connectivity index (χ4n) is 2.40. The first-order valence-corrected chi connectivity index (χ1v) is 6.83. The second-order valence-corrected chi connectivity index (χ2v) is 4.97. The Morgan fingerprint density at radius 2 is 1.89 bits per heavy atom. The molecule has 0 aliphatic carbocycles. The minimum absolute atomic E-state index is 0.276. The van der Waals surface area contributed by atoms with Crippen LogP contribution in [0.3, 0.4) is 0 Å². The Morgan fingerprint density at radius 1 is 1.28 bits per heavy atom. The van der Waals surface area contributed by atoms with Crippen molar-refractivity contribution in [3.63, 3.8) is 0 Å². The second kappa shape index (κ2) is 7.54. The van der Waals surface area contributed by atoms with Gasteiger partial charge in [0, 0.05) is 0 Å². The fourth-order valence-corrected chi connectivity index (χ4v) is 2.40. The molecule has 0 bridgehead atoms. The van der Waals surface area contributed by atoms with Crippen molar-refractivity contribution >= 4 is 5.97 Å². The Hall–Kier alpha value is -0.870. The first-order valence-electron chi connectivity index (χ1n) is 6.83. The molecule has 104 valence electrons. The lowest BCUT2D eigenvalue weighted by Crippen LogP contribution is -2.24. The quantitative estimate of drug-likeness (QED) is 0.517. The summed E-state index contributed by atoms with van der Waals surface area (Å²) in [6.45, 7) is 5.78. The molecule has 3 atom stereocenters. The summed E-state index contributed by atoms with van der Waals surface area (Å²) in [5.41, 5.74) is 0.276. The van der Waals surface area contributed by atoms with Gasteiger partial charge in [0.1, 0.15) is 5.92 Å². The summed E-state index contributed by atoms with van der Waals surface area (Å²) in [5, 5.41) is 18.6. The van der Waals surface area contributed by atoms with Gasteiger partial charge < -0.3 is 14.9 Å². The molecule has 4 heteroatoms. The number of unbranched alkanes of at least 4 members (excludes halogenated alkanes) is 5. The number of hydrogen-bond acceptors (Lipinski definition) is 3. The summed E-state index contributed by atoms with van der Waals surface area (Å²) in [6.07, 6.45) is 6.08. The Kier molecular flexibility index (Phi) is 6.36. The van der Waals surface area contributed by atoms with E-state index in [-0.39, 0.29) is 5.57 Å². The third kappa shape index (κ3) is 4.10. The lowest BCUT2D eigenvalue weighted by Gasteiger charge is -2.14. The molecule has 4 nitrogen and oxygen atoms in total. The van der Waals surface area contributed by atoms with Crippen LogP contribution < -0.4 is 0 Å². The summed E-state index contributed by atoms with van der Waals surface area (Å²) in [6, 6.07) is 0. The average Bonchev–Trinajstić information content (AvgIpc) is 2.59. The standard InChI is InChI=1S/C14H24O4/c1-3-4-5-6-7-8-9-11-12(13(15)16)10(2)14(17)18-11/h11-12,14,17H,2-9H2,1H3,(H,15,16). The molecule has 1 saturated heterocycles. The molecule has 1 rings (SSSR count). The Bertz CT molecular complexity index is 288. The van der Waals surface area contributed by atoms with Crippen molar-refractivity contribution in [3.8, 4) is 0 Å². The predicted molar refractivity (Wildman–Crippen MR) is 69.1 cm³/mol. The first kappa shape index (κ1) is 15.2. The summed E-state index contributed by atoms with van der Waals surface area (Å²) in [4.78, 5) is 11.1. The average molecular weight is 256 g/mol. The van der Waals surface area contributed by atoms with Crippen LogP contribution in [0.2, 0.25) is 0 Å². The van der Waals surface area contributed by atoms with Crippen LogP contribution in [0.1, 0.15) is 51.9 Å². The van der Waals surface area contributed by atoms with Crippen molar-refractivity contribution in [1.82, 2.24) is 0 Å². The minimum Gasteiger partial charge on any atom is -0.481 e. The third-order valence-electron chi connectivity index (χ3n) is 3.50. The number of ether oxygens (including phenoxy) is 1. The van der Waals surface area contributed by atoms with E-state index in [0.29, 0.717) is 6.42 Å².